The fraction of sp³-hybridized carbons (Fsp3) is 0.409. The van der Waals surface area contributed by atoms with Crippen molar-refractivity contribution in [2.75, 3.05) is 20.1 Å². The van der Waals surface area contributed by atoms with E-state index in [-0.39, 0.29) is 11.5 Å². The van der Waals surface area contributed by atoms with Gasteiger partial charge in [0.2, 0.25) is 0 Å². The first kappa shape index (κ1) is 18.6. The predicted molar refractivity (Wildman–Crippen MR) is 108 cm³/mol. The Kier molecular flexibility index (Phi) is 5.13. The Hall–Kier alpha value is -2.73. The van der Waals surface area contributed by atoms with Gasteiger partial charge in [0, 0.05) is 45.7 Å². The SMILES string of the molecule is Cc1ccc(CN2CC[C@@]3(CC(C(=O)N(C)Cc4ccccn4)=NO3)C2)cc1. The molecule has 0 unspecified atom stereocenters. The molecule has 2 aliphatic rings. The second-order valence-corrected chi connectivity index (χ2v) is 7.92. The highest BCUT2D eigenvalue weighted by Crippen LogP contribution is 2.34. The Morgan fingerprint density at radius 1 is 1.25 bits per heavy atom. The molecular weight excluding hydrogens is 352 g/mol. The van der Waals surface area contributed by atoms with E-state index in [2.05, 4.69) is 46.2 Å². The molecular formula is C22H26N4O2. The van der Waals surface area contributed by atoms with Gasteiger partial charge in [0.1, 0.15) is 5.71 Å². The minimum atomic E-state index is -0.360. The standard InChI is InChI=1S/C22H26N4O2/c1-17-6-8-18(9-7-17)14-26-12-10-22(16-26)13-20(24-28-22)21(27)25(2)15-19-5-3-4-11-23-19/h3-9,11H,10,12-16H2,1-2H3/t22-/m1/s1. The normalized spacial score (nSPS) is 21.6. The van der Waals surface area contributed by atoms with Gasteiger partial charge >= 0.3 is 0 Å². The largest absolute Gasteiger partial charge is 0.387 e. The molecule has 3 heterocycles. The summed E-state index contributed by atoms with van der Waals surface area (Å²) in [4.78, 5) is 26.9. The highest BCUT2D eigenvalue weighted by molar-refractivity contribution is 6.39. The molecule has 2 aromatic rings. The van der Waals surface area contributed by atoms with Crippen LogP contribution in [0.3, 0.4) is 0 Å². The van der Waals surface area contributed by atoms with E-state index in [1.165, 1.54) is 11.1 Å². The molecule has 6 nitrogen and oxygen atoms in total. The maximum Gasteiger partial charge on any atom is 0.271 e. The fourth-order valence-electron chi connectivity index (χ4n) is 3.90. The van der Waals surface area contributed by atoms with Gasteiger partial charge in [-0.1, -0.05) is 41.1 Å². The quantitative estimate of drug-likeness (QED) is 0.803. The van der Waals surface area contributed by atoms with Gasteiger partial charge in [-0.3, -0.25) is 14.7 Å². The maximum atomic E-state index is 12.8. The molecule has 146 valence electrons. The summed E-state index contributed by atoms with van der Waals surface area (Å²) in [5.41, 5.74) is 3.58. The summed E-state index contributed by atoms with van der Waals surface area (Å²) >= 11 is 0. The lowest BCUT2D eigenvalue weighted by Gasteiger charge is -2.22. The number of likely N-dealkylation sites (tertiary alicyclic amines) is 1. The lowest BCUT2D eigenvalue weighted by Crippen LogP contribution is -2.37. The van der Waals surface area contributed by atoms with Crippen LogP contribution in [0.2, 0.25) is 0 Å². The van der Waals surface area contributed by atoms with E-state index in [1.54, 1.807) is 18.1 Å². The van der Waals surface area contributed by atoms with Gasteiger partial charge in [-0.2, -0.15) is 0 Å². The third-order valence-corrected chi connectivity index (χ3v) is 5.48. The topological polar surface area (TPSA) is 58.0 Å². The molecule has 6 heteroatoms. The van der Waals surface area contributed by atoms with Crippen molar-refractivity contribution >= 4 is 11.6 Å². The van der Waals surface area contributed by atoms with Crippen LogP contribution < -0.4 is 0 Å². The van der Waals surface area contributed by atoms with Crippen LogP contribution >= 0.6 is 0 Å². The van der Waals surface area contributed by atoms with E-state index in [1.807, 2.05) is 18.2 Å². The van der Waals surface area contributed by atoms with Gasteiger partial charge in [0.15, 0.2) is 5.60 Å². The Bertz CT molecular complexity index is 866. The van der Waals surface area contributed by atoms with Gasteiger partial charge in [-0.05, 0) is 24.6 Å². The molecule has 0 radical (unpaired) electrons. The summed E-state index contributed by atoms with van der Waals surface area (Å²) in [6.45, 7) is 5.21. The number of aryl methyl sites for hydroxylation is 1. The highest BCUT2D eigenvalue weighted by Gasteiger charge is 2.46. The molecule has 0 aliphatic carbocycles. The molecule has 1 fully saturated rings. The minimum Gasteiger partial charge on any atom is -0.387 e. The number of carbonyl (C=O) groups is 1. The fourth-order valence-corrected chi connectivity index (χ4v) is 3.90. The number of rotatable bonds is 5. The number of benzene rings is 1. The van der Waals surface area contributed by atoms with Crippen molar-refractivity contribution in [3.63, 3.8) is 0 Å². The first-order chi connectivity index (χ1) is 13.5. The van der Waals surface area contributed by atoms with Crippen molar-refractivity contribution in [2.45, 2.75) is 38.5 Å². The Morgan fingerprint density at radius 3 is 2.82 bits per heavy atom. The Balaban J connectivity index is 1.33. The molecule has 1 spiro atoms. The second kappa shape index (κ2) is 7.72. The van der Waals surface area contributed by atoms with Crippen LogP contribution in [-0.2, 0) is 22.7 Å². The van der Waals surface area contributed by atoms with E-state index in [4.69, 9.17) is 4.84 Å². The number of oxime groups is 1. The predicted octanol–water partition coefficient (Wildman–Crippen LogP) is 2.77. The summed E-state index contributed by atoms with van der Waals surface area (Å²) in [5, 5.41) is 4.17. The van der Waals surface area contributed by atoms with Crippen LogP contribution in [0.15, 0.2) is 53.8 Å². The summed E-state index contributed by atoms with van der Waals surface area (Å²) < 4.78 is 0. The average Bonchev–Trinajstić information content (AvgIpc) is 3.30. The third-order valence-electron chi connectivity index (χ3n) is 5.48. The molecule has 2 aliphatic heterocycles. The van der Waals surface area contributed by atoms with Gasteiger partial charge in [0.25, 0.3) is 5.91 Å². The van der Waals surface area contributed by atoms with Gasteiger partial charge in [-0.25, -0.2) is 0 Å². The van der Waals surface area contributed by atoms with E-state index in [0.29, 0.717) is 18.7 Å². The van der Waals surface area contributed by atoms with E-state index < -0.39 is 0 Å². The van der Waals surface area contributed by atoms with Crippen LogP contribution in [0, 0.1) is 6.92 Å². The molecule has 0 bridgehead atoms. The van der Waals surface area contributed by atoms with Crippen molar-refractivity contribution in [2.24, 2.45) is 5.16 Å². The zero-order valence-corrected chi connectivity index (χ0v) is 16.5. The van der Waals surface area contributed by atoms with E-state index in [9.17, 15) is 4.79 Å². The molecule has 1 amide bonds. The summed E-state index contributed by atoms with van der Waals surface area (Å²) in [7, 11) is 1.78. The molecule has 4 rings (SSSR count). The molecule has 0 N–H and O–H groups in total. The van der Waals surface area contributed by atoms with Crippen LogP contribution in [-0.4, -0.2) is 52.1 Å². The minimum absolute atomic E-state index is 0.0838. The summed E-state index contributed by atoms with van der Waals surface area (Å²) in [6.07, 6.45) is 3.20. The van der Waals surface area contributed by atoms with Gasteiger partial charge in [-0.15, -0.1) is 0 Å². The van der Waals surface area contributed by atoms with Crippen LogP contribution in [0.5, 0.6) is 0 Å². The third kappa shape index (κ3) is 4.07. The molecule has 0 saturated carbocycles. The molecule has 1 aromatic carbocycles. The number of carbonyl (C=O) groups excluding carboxylic acids is 1. The van der Waals surface area contributed by atoms with Crippen molar-refractivity contribution in [3.8, 4) is 0 Å². The first-order valence-corrected chi connectivity index (χ1v) is 9.71. The lowest BCUT2D eigenvalue weighted by atomic mass is 9.96. The Labute approximate surface area is 165 Å². The van der Waals surface area contributed by atoms with Gasteiger partial charge < -0.3 is 9.74 Å². The number of nitrogens with zero attached hydrogens (tertiary/aromatic N) is 4. The zero-order valence-electron chi connectivity index (χ0n) is 16.5. The van der Waals surface area contributed by atoms with E-state index >= 15 is 0 Å². The molecule has 1 atom stereocenters. The highest BCUT2D eigenvalue weighted by atomic mass is 16.7. The molecule has 1 saturated heterocycles. The van der Waals surface area contributed by atoms with Crippen molar-refractivity contribution in [1.82, 2.24) is 14.8 Å². The van der Waals surface area contributed by atoms with E-state index in [0.717, 1.165) is 31.7 Å². The summed E-state index contributed by atoms with van der Waals surface area (Å²) in [6, 6.07) is 14.3. The van der Waals surface area contributed by atoms with Crippen molar-refractivity contribution < 1.29 is 9.63 Å². The zero-order chi connectivity index (χ0) is 19.6. The molecule has 28 heavy (non-hydrogen) atoms. The average molecular weight is 378 g/mol. The van der Waals surface area contributed by atoms with Crippen LogP contribution in [0.4, 0.5) is 0 Å². The second-order valence-electron chi connectivity index (χ2n) is 7.92. The number of aromatic nitrogens is 1. The summed E-state index contributed by atoms with van der Waals surface area (Å²) in [5.74, 6) is -0.0838. The maximum absolute atomic E-state index is 12.8. The smallest absolute Gasteiger partial charge is 0.271 e. The van der Waals surface area contributed by atoms with Crippen molar-refractivity contribution in [3.05, 3.63) is 65.5 Å². The number of pyridine rings is 1. The Morgan fingerprint density at radius 2 is 2.07 bits per heavy atom. The van der Waals surface area contributed by atoms with Crippen molar-refractivity contribution in [1.29, 1.82) is 0 Å². The lowest BCUT2D eigenvalue weighted by molar-refractivity contribution is -0.123. The van der Waals surface area contributed by atoms with Crippen LogP contribution in [0.1, 0.15) is 29.7 Å². The van der Waals surface area contributed by atoms with Crippen LogP contribution in [0.25, 0.3) is 0 Å². The number of hydrogen-bond donors (Lipinski definition) is 0. The monoisotopic (exact) mass is 378 g/mol. The molecule has 1 aromatic heterocycles. The number of hydrogen-bond acceptors (Lipinski definition) is 5. The number of amides is 1. The van der Waals surface area contributed by atoms with Gasteiger partial charge in [0.05, 0.1) is 12.2 Å². The first-order valence-electron chi connectivity index (χ1n) is 9.71.